The molecular formula is C14H18ClN3O. The van der Waals surface area contributed by atoms with Crippen LogP contribution in [0.1, 0.15) is 31.0 Å². The lowest BCUT2D eigenvalue weighted by atomic mass is 10.0. The first-order valence-electron chi connectivity index (χ1n) is 6.72. The number of hydrogen-bond donors (Lipinski definition) is 1. The van der Waals surface area contributed by atoms with Gasteiger partial charge in [-0.3, -0.25) is 4.40 Å². The first kappa shape index (κ1) is 12.8. The number of hydrogen-bond acceptors (Lipinski definition) is 3. The molecule has 1 atom stereocenters. The van der Waals surface area contributed by atoms with Gasteiger partial charge in [-0.25, -0.2) is 4.98 Å². The van der Waals surface area contributed by atoms with E-state index in [1.165, 1.54) is 12.8 Å². The van der Waals surface area contributed by atoms with Crippen molar-refractivity contribution in [2.45, 2.75) is 25.2 Å². The number of fused-ring (bicyclic) bond motifs is 1. The fourth-order valence-corrected chi connectivity index (χ4v) is 3.05. The predicted molar refractivity (Wildman–Crippen MR) is 76.2 cm³/mol. The van der Waals surface area contributed by atoms with Crippen LogP contribution >= 0.6 is 11.6 Å². The molecule has 1 aliphatic rings. The van der Waals surface area contributed by atoms with Crippen molar-refractivity contribution < 1.29 is 4.74 Å². The second kappa shape index (κ2) is 5.39. The second-order valence-electron chi connectivity index (χ2n) is 4.95. The Labute approximate surface area is 117 Å². The van der Waals surface area contributed by atoms with Crippen LogP contribution in [0.25, 0.3) is 5.52 Å². The Bertz CT molecular complexity index is 573. The summed E-state index contributed by atoms with van der Waals surface area (Å²) < 4.78 is 7.44. The number of halogens is 1. The summed E-state index contributed by atoms with van der Waals surface area (Å²) in [5.41, 5.74) is 0.867. The third kappa shape index (κ3) is 2.30. The summed E-state index contributed by atoms with van der Waals surface area (Å²) in [5, 5.41) is 4.00. The molecule has 102 valence electrons. The highest BCUT2D eigenvalue weighted by atomic mass is 35.5. The standard InChI is InChI=1S/C14H18ClN3O/c1-19-11-6-4-8-18-12(11)13(15)17-14(18)10-5-2-3-7-16-9-10/h4,6,8,10,16H,2-3,5,7,9H2,1H3. The molecule has 2 aromatic heterocycles. The number of aromatic nitrogens is 2. The highest BCUT2D eigenvalue weighted by molar-refractivity contribution is 6.33. The molecule has 0 aliphatic carbocycles. The average molecular weight is 280 g/mol. The molecule has 1 fully saturated rings. The van der Waals surface area contributed by atoms with Crippen molar-refractivity contribution >= 4 is 17.1 Å². The predicted octanol–water partition coefficient (Wildman–Crippen LogP) is 2.85. The summed E-state index contributed by atoms with van der Waals surface area (Å²) in [6.07, 6.45) is 5.63. The summed E-state index contributed by atoms with van der Waals surface area (Å²) in [4.78, 5) is 4.57. The number of nitrogens with zero attached hydrogens (tertiary/aromatic N) is 2. The lowest BCUT2D eigenvalue weighted by molar-refractivity contribution is 0.417. The second-order valence-corrected chi connectivity index (χ2v) is 5.31. The van der Waals surface area contributed by atoms with Gasteiger partial charge in [0.2, 0.25) is 0 Å². The Hall–Kier alpha value is -1.26. The van der Waals surface area contributed by atoms with E-state index in [1.54, 1.807) is 7.11 Å². The van der Waals surface area contributed by atoms with E-state index in [2.05, 4.69) is 14.7 Å². The Kier molecular flexibility index (Phi) is 3.62. The third-order valence-electron chi connectivity index (χ3n) is 3.74. The van der Waals surface area contributed by atoms with E-state index in [4.69, 9.17) is 16.3 Å². The minimum Gasteiger partial charge on any atom is -0.494 e. The first-order valence-corrected chi connectivity index (χ1v) is 7.10. The molecule has 0 radical (unpaired) electrons. The van der Waals surface area contributed by atoms with Crippen LogP contribution in [0.15, 0.2) is 18.3 Å². The molecule has 19 heavy (non-hydrogen) atoms. The topological polar surface area (TPSA) is 38.6 Å². The highest BCUT2D eigenvalue weighted by Gasteiger charge is 2.22. The van der Waals surface area contributed by atoms with Crippen LogP contribution in [0.5, 0.6) is 5.75 Å². The first-order chi connectivity index (χ1) is 9.31. The van der Waals surface area contributed by atoms with Gasteiger partial charge in [0.1, 0.15) is 17.1 Å². The molecule has 0 amide bonds. The van der Waals surface area contributed by atoms with Crippen LogP contribution in [-0.2, 0) is 0 Å². The van der Waals surface area contributed by atoms with Gasteiger partial charge >= 0.3 is 0 Å². The van der Waals surface area contributed by atoms with E-state index in [-0.39, 0.29) is 0 Å². The SMILES string of the molecule is COc1cccn2c(C3CCCCNC3)nc(Cl)c12. The van der Waals surface area contributed by atoms with Gasteiger partial charge in [-0.2, -0.15) is 0 Å². The molecule has 5 heteroatoms. The summed E-state index contributed by atoms with van der Waals surface area (Å²) in [6, 6.07) is 3.88. The molecule has 4 nitrogen and oxygen atoms in total. The number of nitrogens with one attached hydrogen (secondary N) is 1. The van der Waals surface area contributed by atoms with Crippen LogP contribution < -0.4 is 10.1 Å². The van der Waals surface area contributed by atoms with E-state index in [0.29, 0.717) is 11.1 Å². The largest absolute Gasteiger partial charge is 0.494 e. The number of rotatable bonds is 2. The van der Waals surface area contributed by atoms with Gasteiger partial charge < -0.3 is 10.1 Å². The van der Waals surface area contributed by atoms with Gasteiger partial charge in [0.25, 0.3) is 0 Å². The Morgan fingerprint density at radius 1 is 1.47 bits per heavy atom. The summed E-state index contributed by atoms with van der Waals surface area (Å²) in [5.74, 6) is 2.22. The Balaban J connectivity index is 2.08. The van der Waals surface area contributed by atoms with Gasteiger partial charge in [0.05, 0.1) is 7.11 Å². The molecule has 1 unspecified atom stereocenters. The zero-order chi connectivity index (χ0) is 13.2. The summed E-state index contributed by atoms with van der Waals surface area (Å²) >= 11 is 6.29. The van der Waals surface area contributed by atoms with Crippen molar-refractivity contribution in [3.05, 3.63) is 29.3 Å². The molecular weight excluding hydrogens is 262 g/mol. The van der Waals surface area contributed by atoms with Crippen molar-refractivity contribution in [3.8, 4) is 5.75 Å². The number of ether oxygens (including phenoxy) is 1. The Morgan fingerprint density at radius 3 is 3.21 bits per heavy atom. The molecule has 0 saturated carbocycles. The van der Waals surface area contributed by atoms with Gasteiger partial charge in [0, 0.05) is 18.7 Å². The van der Waals surface area contributed by atoms with Crippen molar-refractivity contribution in [1.82, 2.24) is 14.7 Å². The molecule has 1 aliphatic heterocycles. The molecule has 0 aromatic carbocycles. The monoisotopic (exact) mass is 279 g/mol. The van der Waals surface area contributed by atoms with Crippen LogP contribution in [0.4, 0.5) is 0 Å². The van der Waals surface area contributed by atoms with E-state index in [0.717, 1.165) is 36.6 Å². The zero-order valence-corrected chi connectivity index (χ0v) is 11.8. The molecule has 3 heterocycles. The van der Waals surface area contributed by atoms with Crippen LogP contribution in [-0.4, -0.2) is 29.6 Å². The molecule has 0 bridgehead atoms. The van der Waals surface area contributed by atoms with Crippen molar-refractivity contribution in [2.75, 3.05) is 20.2 Å². The van der Waals surface area contributed by atoms with Gasteiger partial charge in [0.15, 0.2) is 5.15 Å². The van der Waals surface area contributed by atoms with Crippen LogP contribution in [0.3, 0.4) is 0 Å². The normalized spacial score (nSPS) is 20.4. The maximum absolute atomic E-state index is 6.29. The third-order valence-corrected chi connectivity index (χ3v) is 4.01. The molecule has 1 saturated heterocycles. The van der Waals surface area contributed by atoms with Crippen molar-refractivity contribution in [2.24, 2.45) is 0 Å². The zero-order valence-electron chi connectivity index (χ0n) is 11.0. The van der Waals surface area contributed by atoms with Crippen LogP contribution in [0, 0.1) is 0 Å². The fourth-order valence-electron chi connectivity index (χ4n) is 2.78. The molecule has 0 spiro atoms. The fraction of sp³-hybridized carbons (Fsp3) is 0.500. The number of pyridine rings is 1. The summed E-state index contributed by atoms with van der Waals surface area (Å²) in [7, 11) is 1.66. The molecule has 1 N–H and O–H groups in total. The quantitative estimate of drug-likeness (QED) is 0.919. The minimum absolute atomic E-state index is 0.412. The van der Waals surface area contributed by atoms with Gasteiger partial charge in [-0.05, 0) is 31.5 Å². The number of imidazole rings is 1. The summed E-state index contributed by atoms with van der Waals surface area (Å²) in [6.45, 7) is 2.06. The molecule has 2 aromatic rings. The lowest BCUT2D eigenvalue weighted by Gasteiger charge is -2.13. The van der Waals surface area contributed by atoms with Crippen LogP contribution in [0.2, 0.25) is 5.15 Å². The average Bonchev–Trinajstić information content (AvgIpc) is 2.65. The smallest absolute Gasteiger partial charge is 0.158 e. The maximum Gasteiger partial charge on any atom is 0.158 e. The van der Waals surface area contributed by atoms with E-state index in [9.17, 15) is 0 Å². The minimum atomic E-state index is 0.412. The van der Waals surface area contributed by atoms with Gasteiger partial charge in [-0.1, -0.05) is 18.0 Å². The number of methoxy groups -OCH3 is 1. The molecule has 3 rings (SSSR count). The van der Waals surface area contributed by atoms with Crippen molar-refractivity contribution in [1.29, 1.82) is 0 Å². The highest BCUT2D eigenvalue weighted by Crippen LogP contribution is 2.32. The van der Waals surface area contributed by atoms with E-state index in [1.807, 2.05) is 18.3 Å². The maximum atomic E-state index is 6.29. The lowest BCUT2D eigenvalue weighted by Crippen LogP contribution is -2.20. The van der Waals surface area contributed by atoms with E-state index >= 15 is 0 Å². The Morgan fingerprint density at radius 2 is 2.37 bits per heavy atom. The van der Waals surface area contributed by atoms with Gasteiger partial charge in [-0.15, -0.1) is 0 Å². The van der Waals surface area contributed by atoms with Crippen molar-refractivity contribution in [3.63, 3.8) is 0 Å². The van der Waals surface area contributed by atoms with E-state index < -0.39 is 0 Å².